The Morgan fingerprint density at radius 2 is 2.00 bits per heavy atom. The van der Waals surface area contributed by atoms with Crippen LogP contribution in [0.1, 0.15) is 23.1 Å². The predicted octanol–water partition coefficient (Wildman–Crippen LogP) is 2.28. The Labute approximate surface area is 144 Å². The molecule has 128 valence electrons. The molecule has 0 atom stereocenters. The molecule has 2 rings (SSSR count). The summed E-state index contributed by atoms with van der Waals surface area (Å²) in [4.78, 5) is 23.2. The number of rotatable bonds is 7. The fourth-order valence-electron chi connectivity index (χ4n) is 1.82. The lowest BCUT2D eigenvalue weighted by Gasteiger charge is -2.07. The van der Waals surface area contributed by atoms with Crippen molar-refractivity contribution in [1.82, 2.24) is 10.2 Å². The zero-order valence-corrected chi connectivity index (χ0v) is 14.6. The number of amides is 1. The Bertz CT molecular complexity index is 730. The number of hydrogen-bond donors (Lipinski definition) is 1. The van der Waals surface area contributed by atoms with E-state index in [9.17, 15) is 9.59 Å². The van der Waals surface area contributed by atoms with Gasteiger partial charge in [-0.15, -0.1) is 10.2 Å². The van der Waals surface area contributed by atoms with Crippen LogP contribution in [-0.2, 0) is 20.7 Å². The van der Waals surface area contributed by atoms with Crippen LogP contribution in [0.15, 0.2) is 18.2 Å². The highest BCUT2D eigenvalue weighted by Crippen LogP contribution is 2.18. The summed E-state index contributed by atoms with van der Waals surface area (Å²) in [6.07, 6.45) is 0.0422. The Morgan fingerprint density at radius 1 is 1.21 bits per heavy atom. The summed E-state index contributed by atoms with van der Waals surface area (Å²) < 4.78 is 10.3. The summed E-state index contributed by atoms with van der Waals surface area (Å²) >= 11 is 1.13. The first-order valence-electron chi connectivity index (χ1n) is 7.46. The number of nitrogens with one attached hydrogen (secondary N) is 1. The summed E-state index contributed by atoms with van der Waals surface area (Å²) in [5, 5.41) is 11.1. The number of carbonyl (C=O) groups excluding carboxylic acids is 2. The molecule has 0 aliphatic heterocycles. The fraction of sp³-hybridized carbons (Fsp3) is 0.375. The van der Waals surface area contributed by atoms with Crippen molar-refractivity contribution in [3.05, 3.63) is 34.3 Å². The van der Waals surface area contributed by atoms with Gasteiger partial charge in [0.15, 0.2) is 6.61 Å². The SMILES string of the molecule is CCOC(=O)Cc1nnc(NC(=O)COc2ccc(C)c(C)c2)s1. The number of aryl methyl sites for hydroxylation is 2. The standard InChI is InChI=1S/C16H19N3O4S/c1-4-22-15(21)8-14-18-19-16(24-14)17-13(20)9-23-12-6-5-10(2)11(3)7-12/h5-7H,4,8-9H2,1-3H3,(H,17,19,20). The van der Waals surface area contributed by atoms with Gasteiger partial charge in [-0.05, 0) is 44.0 Å². The van der Waals surface area contributed by atoms with E-state index < -0.39 is 0 Å². The highest BCUT2D eigenvalue weighted by Gasteiger charge is 2.12. The predicted molar refractivity (Wildman–Crippen MR) is 90.3 cm³/mol. The van der Waals surface area contributed by atoms with Gasteiger partial charge in [-0.3, -0.25) is 14.9 Å². The molecular weight excluding hydrogens is 330 g/mol. The van der Waals surface area contributed by atoms with E-state index >= 15 is 0 Å². The van der Waals surface area contributed by atoms with Gasteiger partial charge in [-0.1, -0.05) is 17.4 Å². The normalized spacial score (nSPS) is 10.3. The molecule has 1 N–H and O–H groups in total. The molecular formula is C16H19N3O4S. The van der Waals surface area contributed by atoms with E-state index in [1.54, 1.807) is 6.92 Å². The molecule has 2 aromatic rings. The van der Waals surface area contributed by atoms with Gasteiger partial charge in [0.25, 0.3) is 5.91 Å². The number of nitrogens with zero attached hydrogens (tertiary/aromatic N) is 2. The van der Waals surface area contributed by atoms with Gasteiger partial charge in [-0.2, -0.15) is 0 Å². The summed E-state index contributed by atoms with van der Waals surface area (Å²) in [5.41, 5.74) is 2.26. The van der Waals surface area contributed by atoms with Gasteiger partial charge >= 0.3 is 5.97 Å². The second-order valence-corrected chi connectivity index (χ2v) is 6.13. The minimum Gasteiger partial charge on any atom is -0.484 e. The molecule has 0 radical (unpaired) electrons. The summed E-state index contributed by atoms with van der Waals surface area (Å²) in [6, 6.07) is 5.64. The number of ether oxygens (including phenoxy) is 2. The molecule has 1 amide bonds. The maximum absolute atomic E-state index is 11.9. The Balaban J connectivity index is 1.83. The largest absolute Gasteiger partial charge is 0.484 e. The number of carbonyl (C=O) groups is 2. The number of anilines is 1. The van der Waals surface area contributed by atoms with Gasteiger partial charge in [0.1, 0.15) is 10.8 Å². The van der Waals surface area contributed by atoms with Crippen molar-refractivity contribution in [1.29, 1.82) is 0 Å². The van der Waals surface area contributed by atoms with Crippen LogP contribution in [0.3, 0.4) is 0 Å². The molecule has 1 aromatic heterocycles. The van der Waals surface area contributed by atoms with Crippen LogP contribution in [0.5, 0.6) is 5.75 Å². The molecule has 0 fully saturated rings. The Kier molecular flexibility index (Phi) is 6.25. The van der Waals surface area contributed by atoms with Crippen LogP contribution in [0.4, 0.5) is 5.13 Å². The van der Waals surface area contributed by atoms with E-state index in [1.807, 2.05) is 32.0 Å². The molecule has 0 aliphatic carbocycles. The summed E-state index contributed by atoms with van der Waals surface area (Å²) in [5.74, 6) is -0.0785. The topological polar surface area (TPSA) is 90.4 Å². The van der Waals surface area contributed by atoms with Crippen molar-refractivity contribution >= 4 is 28.3 Å². The first-order valence-corrected chi connectivity index (χ1v) is 8.27. The number of hydrogen-bond acceptors (Lipinski definition) is 7. The van der Waals surface area contributed by atoms with Gasteiger partial charge in [0, 0.05) is 0 Å². The van der Waals surface area contributed by atoms with E-state index in [4.69, 9.17) is 9.47 Å². The van der Waals surface area contributed by atoms with E-state index in [-0.39, 0.29) is 24.9 Å². The average Bonchev–Trinajstić information content (AvgIpc) is 2.95. The second kappa shape index (κ2) is 8.39. The molecule has 8 heteroatoms. The van der Waals surface area contributed by atoms with E-state index in [0.717, 1.165) is 22.5 Å². The molecule has 1 aromatic carbocycles. The van der Waals surface area contributed by atoms with E-state index in [2.05, 4.69) is 15.5 Å². The molecule has 0 spiro atoms. The van der Waals surface area contributed by atoms with Gasteiger partial charge in [-0.25, -0.2) is 0 Å². The Hall–Kier alpha value is -2.48. The molecule has 0 unspecified atom stereocenters. The van der Waals surface area contributed by atoms with E-state index in [1.165, 1.54) is 0 Å². The third-order valence-electron chi connectivity index (χ3n) is 3.16. The quantitative estimate of drug-likeness (QED) is 0.771. The van der Waals surface area contributed by atoms with Crippen LogP contribution in [-0.4, -0.2) is 35.3 Å². The van der Waals surface area contributed by atoms with Crippen molar-refractivity contribution in [2.45, 2.75) is 27.2 Å². The first kappa shape index (κ1) is 17.9. The lowest BCUT2D eigenvalue weighted by molar-refractivity contribution is -0.142. The second-order valence-electron chi connectivity index (χ2n) is 5.07. The molecule has 1 heterocycles. The van der Waals surface area contributed by atoms with Crippen molar-refractivity contribution in [2.75, 3.05) is 18.5 Å². The maximum Gasteiger partial charge on any atom is 0.312 e. The van der Waals surface area contributed by atoms with Crippen molar-refractivity contribution in [3.8, 4) is 5.75 Å². The van der Waals surface area contributed by atoms with E-state index in [0.29, 0.717) is 22.5 Å². The molecule has 7 nitrogen and oxygen atoms in total. The fourth-order valence-corrected chi connectivity index (χ4v) is 2.56. The molecule has 0 saturated heterocycles. The summed E-state index contributed by atoms with van der Waals surface area (Å²) in [6.45, 7) is 5.91. The highest BCUT2D eigenvalue weighted by atomic mass is 32.1. The number of aromatic nitrogens is 2. The average molecular weight is 349 g/mol. The highest BCUT2D eigenvalue weighted by molar-refractivity contribution is 7.15. The van der Waals surface area contributed by atoms with Gasteiger partial charge < -0.3 is 9.47 Å². The van der Waals surface area contributed by atoms with Crippen molar-refractivity contribution in [2.24, 2.45) is 0 Å². The monoisotopic (exact) mass is 349 g/mol. The summed E-state index contributed by atoms with van der Waals surface area (Å²) in [7, 11) is 0. The Morgan fingerprint density at radius 3 is 2.71 bits per heavy atom. The number of benzene rings is 1. The molecule has 0 aliphatic rings. The minimum absolute atomic E-state index is 0.0422. The van der Waals surface area contributed by atoms with Crippen LogP contribution >= 0.6 is 11.3 Å². The zero-order chi connectivity index (χ0) is 17.5. The smallest absolute Gasteiger partial charge is 0.312 e. The third-order valence-corrected chi connectivity index (χ3v) is 4.00. The van der Waals surface area contributed by atoms with Crippen LogP contribution in [0.25, 0.3) is 0 Å². The first-order chi connectivity index (χ1) is 11.5. The van der Waals surface area contributed by atoms with Crippen molar-refractivity contribution in [3.63, 3.8) is 0 Å². The van der Waals surface area contributed by atoms with Crippen LogP contribution in [0, 0.1) is 13.8 Å². The maximum atomic E-state index is 11.9. The lowest BCUT2D eigenvalue weighted by Crippen LogP contribution is -2.20. The van der Waals surface area contributed by atoms with Crippen molar-refractivity contribution < 1.29 is 19.1 Å². The molecule has 24 heavy (non-hydrogen) atoms. The number of esters is 1. The van der Waals surface area contributed by atoms with Gasteiger partial charge in [0.2, 0.25) is 5.13 Å². The van der Waals surface area contributed by atoms with Crippen LogP contribution in [0.2, 0.25) is 0 Å². The molecule has 0 saturated carbocycles. The lowest BCUT2D eigenvalue weighted by atomic mass is 10.1. The zero-order valence-electron chi connectivity index (χ0n) is 13.8. The minimum atomic E-state index is -0.371. The molecule has 0 bridgehead atoms. The van der Waals surface area contributed by atoms with Crippen LogP contribution < -0.4 is 10.1 Å². The van der Waals surface area contributed by atoms with Gasteiger partial charge in [0.05, 0.1) is 13.0 Å². The third kappa shape index (κ3) is 5.31.